The molecule has 4 heteroatoms. The number of aryl methyl sites for hydroxylation is 1. The van der Waals surface area contributed by atoms with Crippen LogP contribution < -0.4 is 4.90 Å². The molecule has 0 radical (unpaired) electrons. The molecule has 0 saturated carbocycles. The standard InChI is InChI=1S/C11H12BrNO2/c1-13-4-2-3-7-5-8(11(14)15)6-9(12)10(7)13/h5-6H,2-4H2,1H3,(H,14,15). The minimum absolute atomic E-state index is 0.357. The number of benzene rings is 1. The summed E-state index contributed by atoms with van der Waals surface area (Å²) in [4.78, 5) is 13.0. The Morgan fingerprint density at radius 3 is 2.93 bits per heavy atom. The summed E-state index contributed by atoms with van der Waals surface area (Å²) in [5.41, 5.74) is 2.61. The molecule has 15 heavy (non-hydrogen) atoms. The monoisotopic (exact) mass is 269 g/mol. The lowest BCUT2D eigenvalue weighted by Gasteiger charge is -2.28. The summed E-state index contributed by atoms with van der Waals surface area (Å²) >= 11 is 3.44. The number of carboxylic acid groups (broad SMARTS) is 1. The third-order valence-corrected chi connectivity index (χ3v) is 3.32. The first-order valence-corrected chi connectivity index (χ1v) is 5.66. The fourth-order valence-corrected chi connectivity index (χ4v) is 2.82. The Morgan fingerprint density at radius 1 is 1.53 bits per heavy atom. The van der Waals surface area contributed by atoms with E-state index in [4.69, 9.17) is 5.11 Å². The van der Waals surface area contributed by atoms with Crippen molar-refractivity contribution in [2.24, 2.45) is 0 Å². The summed E-state index contributed by atoms with van der Waals surface area (Å²) in [5, 5.41) is 8.94. The summed E-state index contributed by atoms with van der Waals surface area (Å²) in [7, 11) is 2.03. The van der Waals surface area contributed by atoms with Crippen LogP contribution in [-0.4, -0.2) is 24.7 Å². The number of aromatic carboxylic acids is 1. The van der Waals surface area contributed by atoms with E-state index < -0.39 is 5.97 Å². The quantitative estimate of drug-likeness (QED) is 0.852. The van der Waals surface area contributed by atoms with Crippen LogP contribution in [0.1, 0.15) is 22.3 Å². The molecule has 0 unspecified atom stereocenters. The van der Waals surface area contributed by atoms with E-state index >= 15 is 0 Å². The smallest absolute Gasteiger partial charge is 0.335 e. The van der Waals surface area contributed by atoms with Gasteiger partial charge in [-0.05, 0) is 46.5 Å². The van der Waals surface area contributed by atoms with Crippen LogP contribution in [0.3, 0.4) is 0 Å². The van der Waals surface area contributed by atoms with Crippen molar-refractivity contribution in [3.8, 4) is 0 Å². The molecule has 0 spiro atoms. The van der Waals surface area contributed by atoms with Crippen molar-refractivity contribution in [3.05, 3.63) is 27.7 Å². The molecule has 0 saturated heterocycles. The minimum atomic E-state index is -0.869. The molecule has 3 nitrogen and oxygen atoms in total. The fraction of sp³-hybridized carbons (Fsp3) is 0.364. The Balaban J connectivity index is 2.55. The number of carbonyl (C=O) groups is 1. The van der Waals surface area contributed by atoms with E-state index in [1.165, 1.54) is 0 Å². The Hall–Kier alpha value is -1.03. The Morgan fingerprint density at radius 2 is 2.27 bits per heavy atom. The second-order valence-electron chi connectivity index (χ2n) is 3.80. The normalized spacial score (nSPS) is 14.9. The average molecular weight is 270 g/mol. The van der Waals surface area contributed by atoms with Crippen LogP contribution in [0.15, 0.2) is 16.6 Å². The molecule has 0 bridgehead atoms. The van der Waals surface area contributed by atoms with E-state index in [1.54, 1.807) is 12.1 Å². The molecule has 1 aliphatic heterocycles. The van der Waals surface area contributed by atoms with Gasteiger partial charge in [0.15, 0.2) is 0 Å². The second kappa shape index (κ2) is 3.85. The van der Waals surface area contributed by atoms with Gasteiger partial charge in [-0.15, -0.1) is 0 Å². The summed E-state index contributed by atoms with van der Waals surface area (Å²) in [5.74, 6) is -0.869. The molecule has 0 amide bonds. The number of rotatable bonds is 1. The largest absolute Gasteiger partial charge is 0.478 e. The summed E-state index contributed by atoms with van der Waals surface area (Å²) in [6.07, 6.45) is 2.04. The van der Waals surface area contributed by atoms with Crippen molar-refractivity contribution < 1.29 is 9.90 Å². The average Bonchev–Trinajstić information content (AvgIpc) is 2.17. The number of anilines is 1. The first-order chi connectivity index (χ1) is 7.09. The molecule has 2 rings (SSSR count). The SMILES string of the molecule is CN1CCCc2cc(C(=O)O)cc(Br)c21. The van der Waals surface area contributed by atoms with Gasteiger partial charge in [-0.2, -0.15) is 0 Å². The zero-order chi connectivity index (χ0) is 11.0. The van der Waals surface area contributed by atoms with E-state index in [0.29, 0.717) is 5.56 Å². The molecule has 1 aliphatic rings. The van der Waals surface area contributed by atoms with Gasteiger partial charge in [0.1, 0.15) is 0 Å². The third-order valence-electron chi connectivity index (χ3n) is 2.71. The first kappa shape index (κ1) is 10.5. The molecule has 80 valence electrons. The molecule has 0 aliphatic carbocycles. The van der Waals surface area contributed by atoms with Crippen molar-refractivity contribution >= 4 is 27.6 Å². The number of hydrogen-bond acceptors (Lipinski definition) is 2. The minimum Gasteiger partial charge on any atom is -0.478 e. The van der Waals surface area contributed by atoms with Crippen LogP contribution in [0, 0.1) is 0 Å². The van der Waals surface area contributed by atoms with Gasteiger partial charge in [0.25, 0.3) is 0 Å². The number of fused-ring (bicyclic) bond motifs is 1. The maximum atomic E-state index is 10.9. The van der Waals surface area contributed by atoms with E-state index in [1.807, 2.05) is 7.05 Å². The lowest BCUT2D eigenvalue weighted by molar-refractivity contribution is 0.0696. The van der Waals surface area contributed by atoms with Crippen molar-refractivity contribution in [1.82, 2.24) is 0 Å². The van der Waals surface area contributed by atoms with Gasteiger partial charge >= 0.3 is 5.97 Å². The zero-order valence-electron chi connectivity index (χ0n) is 8.46. The van der Waals surface area contributed by atoms with Crippen molar-refractivity contribution in [2.45, 2.75) is 12.8 Å². The van der Waals surface area contributed by atoms with Crippen LogP contribution in [0.25, 0.3) is 0 Å². The lowest BCUT2D eigenvalue weighted by atomic mass is 10.00. The Bertz CT molecular complexity index is 417. The van der Waals surface area contributed by atoms with Crippen molar-refractivity contribution in [2.75, 3.05) is 18.5 Å². The topological polar surface area (TPSA) is 40.5 Å². The third kappa shape index (κ3) is 1.86. The number of carboxylic acids is 1. The van der Waals surface area contributed by atoms with E-state index in [9.17, 15) is 4.79 Å². The molecule has 0 fully saturated rings. The van der Waals surface area contributed by atoms with Crippen LogP contribution in [0.4, 0.5) is 5.69 Å². The van der Waals surface area contributed by atoms with Gasteiger partial charge in [0.2, 0.25) is 0 Å². The highest BCUT2D eigenvalue weighted by molar-refractivity contribution is 9.10. The second-order valence-corrected chi connectivity index (χ2v) is 4.65. The molecule has 1 aromatic rings. The highest BCUT2D eigenvalue weighted by Crippen LogP contribution is 2.34. The fourth-order valence-electron chi connectivity index (χ4n) is 2.02. The first-order valence-electron chi connectivity index (χ1n) is 4.86. The van der Waals surface area contributed by atoms with Crippen LogP contribution >= 0.6 is 15.9 Å². The van der Waals surface area contributed by atoms with E-state index in [0.717, 1.165) is 35.1 Å². The highest BCUT2D eigenvalue weighted by atomic mass is 79.9. The molecule has 1 aromatic carbocycles. The predicted octanol–water partition coefficient (Wildman–Crippen LogP) is 2.53. The van der Waals surface area contributed by atoms with Gasteiger partial charge in [0, 0.05) is 18.1 Å². The van der Waals surface area contributed by atoms with Gasteiger partial charge in [-0.1, -0.05) is 0 Å². The zero-order valence-corrected chi connectivity index (χ0v) is 10.0. The molecule has 0 aromatic heterocycles. The molecular formula is C11H12BrNO2. The molecule has 1 heterocycles. The van der Waals surface area contributed by atoms with Crippen molar-refractivity contribution in [3.63, 3.8) is 0 Å². The summed E-state index contributed by atoms with van der Waals surface area (Å²) < 4.78 is 0.875. The molecule has 1 N–H and O–H groups in total. The van der Waals surface area contributed by atoms with Gasteiger partial charge in [-0.3, -0.25) is 0 Å². The molecular weight excluding hydrogens is 258 g/mol. The number of halogens is 1. The van der Waals surface area contributed by atoms with E-state index in [-0.39, 0.29) is 0 Å². The highest BCUT2D eigenvalue weighted by Gasteiger charge is 2.19. The van der Waals surface area contributed by atoms with Gasteiger partial charge in [-0.25, -0.2) is 4.79 Å². The van der Waals surface area contributed by atoms with Gasteiger partial charge < -0.3 is 10.0 Å². The Kier molecular flexibility index (Phi) is 2.69. The molecule has 0 atom stereocenters. The van der Waals surface area contributed by atoms with Crippen LogP contribution in [0.5, 0.6) is 0 Å². The number of nitrogens with zero attached hydrogens (tertiary/aromatic N) is 1. The maximum absolute atomic E-state index is 10.9. The summed E-state index contributed by atoms with van der Waals surface area (Å²) in [6.45, 7) is 1.03. The van der Waals surface area contributed by atoms with Crippen LogP contribution in [-0.2, 0) is 6.42 Å². The van der Waals surface area contributed by atoms with Crippen LogP contribution in [0.2, 0.25) is 0 Å². The Labute approximate surface area is 96.8 Å². The van der Waals surface area contributed by atoms with Gasteiger partial charge in [0.05, 0.1) is 11.3 Å². The maximum Gasteiger partial charge on any atom is 0.335 e. The lowest BCUT2D eigenvalue weighted by Crippen LogP contribution is -2.25. The predicted molar refractivity (Wildman–Crippen MR) is 62.7 cm³/mol. The number of hydrogen-bond donors (Lipinski definition) is 1. The van der Waals surface area contributed by atoms with E-state index in [2.05, 4.69) is 20.8 Å². The van der Waals surface area contributed by atoms with Crippen molar-refractivity contribution in [1.29, 1.82) is 0 Å². The summed E-state index contributed by atoms with van der Waals surface area (Å²) in [6, 6.07) is 3.45.